The van der Waals surface area contributed by atoms with Crippen molar-refractivity contribution in [2.24, 2.45) is 5.92 Å². The number of halogens is 1. The molecule has 112 valence electrons. The lowest BCUT2D eigenvalue weighted by molar-refractivity contribution is 0.0915. The standard InChI is InChI=1S/C16H19FN2OS/c1-9-5-2-3-7-11(9)19-16(20)15-14(18)13-10(17)6-4-8-12(13)21-15/h4,6,8-9,11H,2-3,5,7,18H2,1H3,(H,19,20). The van der Waals surface area contributed by atoms with Gasteiger partial charge >= 0.3 is 0 Å². The van der Waals surface area contributed by atoms with E-state index < -0.39 is 0 Å². The van der Waals surface area contributed by atoms with Crippen LogP contribution in [0.5, 0.6) is 0 Å². The van der Waals surface area contributed by atoms with E-state index in [2.05, 4.69) is 12.2 Å². The number of hydrogen-bond donors (Lipinski definition) is 2. The zero-order valence-corrected chi connectivity index (χ0v) is 12.8. The zero-order valence-electron chi connectivity index (χ0n) is 12.0. The normalized spacial score (nSPS) is 22.4. The van der Waals surface area contributed by atoms with Crippen LogP contribution >= 0.6 is 11.3 Å². The Balaban J connectivity index is 1.88. The summed E-state index contributed by atoms with van der Waals surface area (Å²) in [6.45, 7) is 2.16. The van der Waals surface area contributed by atoms with E-state index in [0.29, 0.717) is 20.9 Å². The molecular formula is C16H19FN2OS. The Morgan fingerprint density at radius 1 is 1.38 bits per heavy atom. The van der Waals surface area contributed by atoms with Crippen LogP contribution in [0.25, 0.3) is 10.1 Å². The van der Waals surface area contributed by atoms with Crippen molar-refractivity contribution in [2.75, 3.05) is 5.73 Å². The molecule has 1 saturated carbocycles. The molecule has 1 fully saturated rings. The summed E-state index contributed by atoms with van der Waals surface area (Å²) in [7, 11) is 0. The van der Waals surface area contributed by atoms with Gasteiger partial charge in [-0.15, -0.1) is 11.3 Å². The van der Waals surface area contributed by atoms with Gasteiger partial charge in [-0.05, 0) is 30.9 Å². The zero-order chi connectivity index (χ0) is 15.0. The molecule has 3 N–H and O–H groups in total. The molecule has 1 heterocycles. The molecule has 1 aromatic carbocycles. The topological polar surface area (TPSA) is 55.1 Å². The number of nitrogens with one attached hydrogen (secondary N) is 1. The van der Waals surface area contributed by atoms with E-state index >= 15 is 0 Å². The molecule has 5 heteroatoms. The number of amides is 1. The Hall–Kier alpha value is -1.62. The van der Waals surface area contributed by atoms with E-state index in [1.165, 1.54) is 23.8 Å². The fraction of sp³-hybridized carbons (Fsp3) is 0.438. The molecule has 1 aliphatic carbocycles. The Labute approximate surface area is 127 Å². The third-order valence-electron chi connectivity index (χ3n) is 4.34. The number of thiophene rings is 1. The second-order valence-corrected chi connectivity index (χ2v) is 6.85. The summed E-state index contributed by atoms with van der Waals surface area (Å²) < 4.78 is 14.6. The maximum absolute atomic E-state index is 13.8. The maximum atomic E-state index is 13.8. The predicted molar refractivity (Wildman–Crippen MR) is 85.1 cm³/mol. The van der Waals surface area contributed by atoms with Crippen LogP contribution in [0.4, 0.5) is 10.1 Å². The van der Waals surface area contributed by atoms with Crippen molar-refractivity contribution in [1.29, 1.82) is 0 Å². The minimum absolute atomic E-state index is 0.174. The van der Waals surface area contributed by atoms with Crippen LogP contribution in [0.3, 0.4) is 0 Å². The first-order valence-corrected chi connectivity index (χ1v) is 8.17. The van der Waals surface area contributed by atoms with Gasteiger partial charge in [-0.2, -0.15) is 0 Å². The third-order valence-corrected chi connectivity index (χ3v) is 5.51. The summed E-state index contributed by atoms with van der Waals surface area (Å²) in [4.78, 5) is 12.9. The maximum Gasteiger partial charge on any atom is 0.263 e. The Kier molecular flexibility index (Phi) is 3.85. The van der Waals surface area contributed by atoms with Gasteiger partial charge in [0.2, 0.25) is 0 Å². The second kappa shape index (κ2) is 5.64. The molecule has 0 aliphatic heterocycles. The smallest absolute Gasteiger partial charge is 0.263 e. The number of anilines is 1. The van der Waals surface area contributed by atoms with Crippen LogP contribution < -0.4 is 11.1 Å². The molecule has 3 rings (SSSR count). The van der Waals surface area contributed by atoms with E-state index in [1.54, 1.807) is 12.1 Å². The van der Waals surface area contributed by atoms with E-state index in [4.69, 9.17) is 5.73 Å². The average Bonchev–Trinajstić information content (AvgIpc) is 2.80. The molecule has 21 heavy (non-hydrogen) atoms. The summed E-state index contributed by atoms with van der Waals surface area (Å²) >= 11 is 1.26. The number of hydrogen-bond acceptors (Lipinski definition) is 3. The molecule has 0 spiro atoms. The first-order valence-electron chi connectivity index (χ1n) is 7.35. The number of carbonyl (C=O) groups is 1. The molecule has 3 nitrogen and oxygen atoms in total. The van der Waals surface area contributed by atoms with Gasteiger partial charge in [0.1, 0.15) is 10.7 Å². The molecule has 1 aromatic heterocycles. The molecule has 0 radical (unpaired) electrons. The molecular weight excluding hydrogens is 287 g/mol. The Bertz CT molecular complexity index is 682. The molecule has 2 unspecified atom stereocenters. The molecule has 0 bridgehead atoms. The number of nitrogen functional groups attached to an aromatic ring is 1. The lowest BCUT2D eigenvalue weighted by atomic mass is 9.86. The van der Waals surface area contributed by atoms with Gasteiger partial charge in [-0.3, -0.25) is 4.79 Å². The van der Waals surface area contributed by atoms with Gasteiger partial charge in [-0.25, -0.2) is 4.39 Å². The molecule has 1 aliphatic rings. The Morgan fingerprint density at radius 2 is 2.14 bits per heavy atom. The van der Waals surface area contributed by atoms with E-state index in [9.17, 15) is 9.18 Å². The molecule has 0 saturated heterocycles. The second-order valence-electron chi connectivity index (χ2n) is 5.80. The van der Waals surface area contributed by atoms with Gasteiger partial charge in [0.15, 0.2) is 0 Å². The average molecular weight is 306 g/mol. The highest BCUT2D eigenvalue weighted by atomic mass is 32.1. The summed E-state index contributed by atoms with van der Waals surface area (Å²) in [6.07, 6.45) is 4.52. The van der Waals surface area contributed by atoms with Crippen molar-refractivity contribution in [1.82, 2.24) is 5.32 Å². The van der Waals surface area contributed by atoms with Crippen molar-refractivity contribution >= 4 is 33.0 Å². The monoisotopic (exact) mass is 306 g/mol. The van der Waals surface area contributed by atoms with Crippen molar-refractivity contribution < 1.29 is 9.18 Å². The summed E-state index contributed by atoms with van der Waals surface area (Å²) in [5, 5.41) is 3.44. The fourth-order valence-electron chi connectivity index (χ4n) is 3.06. The first-order chi connectivity index (χ1) is 10.1. The number of carbonyl (C=O) groups excluding carboxylic acids is 1. The Morgan fingerprint density at radius 3 is 2.86 bits per heavy atom. The summed E-state index contributed by atoms with van der Waals surface area (Å²) in [5.74, 6) is -0.0618. The van der Waals surface area contributed by atoms with Crippen molar-refractivity contribution in [3.05, 3.63) is 28.9 Å². The highest BCUT2D eigenvalue weighted by molar-refractivity contribution is 7.21. The first kappa shape index (κ1) is 14.3. The van der Waals surface area contributed by atoms with E-state index in [-0.39, 0.29) is 23.5 Å². The quantitative estimate of drug-likeness (QED) is 0.883. The van der Waals surface area contributed by atoms with Gasteiger partial charge in [0, 0.05) is 10.7 Å². The van der Waals surface area contributed by atoms with Crippen LogP contribution in [0.15, 0.2) is 18.2 Å². The summed E-state index contributed by atoms with van der Waals surface area (Å²) in [5.41, 5.74) is 6.25. The largest absolute Gasteiger partial charge is 0.397 e. The SMILES string of the molecule is CC1CCCCC1NC(=O)c1sc2cccc(F)c2c1N. The van der Waals surface area contributed by atoms with Crippen molar-refractivity contribution in [3.63, 3.8) is 0 Å². The minimum atomic E-state index is -0.369. The van der Waals surface area contributed by atoms with Gasteiger partial charge < -0.3 is 11.1 Å². The third kappa shape index (κ3) is 2.62. The molecule has 2 atom stereocenters. The van der Waals surface area contributed by atoms with E-state index in [0.717, 1.165) is 19.3 Å². The van der Waals surface area contributed by atoms with Crippen LogP contribution in [0, 0.1) is 11.7 Å². The number of benzene rings is 1. The predicted octanol–water partition coefficient (Wildman–Crippen LogP) is 3.93. The summed E-state index contributed by atoms with van der Waals surface area (Å²) in [6, 6.07) is 4.99. The van der Waals surface area contributed by atoms with Crippen LogP contribution in [0.1, 0.15) is 42.3 Å². The highest BCUT2D eigenvalue weighted by Gasteiger charge is 2.25. The minimum Gasteiger partial charge on any atom is -0.397 e. The lowest BCUT2D eigenvalue weighted by Gasteiger charge is -2.29. The van der Waals surface area contributed by atoms with Crippen LogP contribution in [-0.4, -0.2) is 11.9 Å². The van der Waals surface area contributed by atoms with Gasteiger partial charge in [0.05, 0.1) is 11.1 Å². The number of fused-ring (bicyclic) bond motifs is 1. The van der Waals surface area contributed by atoms with Gasteiger partial charge in [-0.1, -0.05) is 25.8 Å². The van der Waals surface area contributed by atoms with Crippen LogP contribution in [0.2, 0.25) is 0 Å². The van der Waals surface area contributed by atoms with E-state index in [1.807, 2.05) is 0 Å². The number of nitrogens with two attached hydrogens (primary N) is 1. The highest BCUT2D eigenvalue weighted by Crippen LogP contribution is 2.35. The fourth-order valence-corrected chi connectivity index (χ4v) is 4.10. The van der Waals surface area contributed by atoms with Gasteiger partial charge in [0.25, 0.3) is 5.91 Å². The van der Waals surface area contributed by atoms with Crippen molar-refractivity contribution in [3.8, 4) is 0 Å². The molecule has 1 amide bonds. The lowest BCUT2D eigenvalue weighted by Crippen LogP contribution is -2.40. The van der Waals surface area contributed by atoms with Crippen LogP contribution in [-0.2, 0) is 0 Å². The number of rotatable bonds is 2. The molecule has 2 aromatic rings. The van der Waals surface area contributed by atoms with Crippen molar-refractivity contribution in [2.45, 2.75) is 38.6 Å².